The molecule has 2 N–H and O–H groups in total. The average molecular weight is 343 g/mol. The highest BCUT2D eigenvalue weighted by atomic mass is 15.1. The minimum Gasteiger partial charge on any atom is -0.399 e. The fourth-order valence-corrected chi connectivity index (χ4v) is 4.24. The SMILES string of the molecule is CCN1CC=C2C(C#N)=C(N)C(C#N)(C#N)[C@@H](c3cccc(C)c3)[C@H]2C1. The number of hydrogen-bond donors (Lipinski definition) is 1. The van der Waals surface area contributed by atoms with Gasteiger partial charge in [0.05, 0.1) is 23.4 Å². The number of likely N-dealkylation sites (N-methyl/N-ethyl adjacent to an activating group) is 1. The van der Waals surface area contributed by atoms with E-state index in [-0.39, 0.29) is 11.6 Å². The summed E-state index contributed by atoms with van der Waals surface area (Å²) in [6, 6.07) is 14.4. The van der Waals surface area contributed by atoms with Crippen LogP contribution in [0.1, 0.15) is 24.0 Å². The zero-order chi connectivity index (χ0) is 18.9. The molecule has 0 aromatic heterocycles. The van der Waals surface area contributed by atoms with E-state index < -0.39 is 11.3 Å². The van der Waals surface area contributed by atoms with E-state index in [0.29, 0.717) is 12.1 Å². The molecule has 0 bridgehead atoms. The first-order chi connectivity index (χ1) is 12.5. The normalized spacial score (nSPS) is 24.7. The molecule has 0 spiro atoms. The van der Waals surface area contributed by atoms with E-state index in [0.717, 1.165) is 29.8 Å². The van der Waals surface area contributed by atoms with Crippen molar-refractivity contribution < 1.29 is 0 Å². The summed E-state index contributed by atoms with van der Waals surface area (Å²) in [5.74, 6) is -0.526. The number of nitrogens with zero attached hydrogens (tertiary/aromatic N) is 4. The van der Waals surface area contributed by atoms with Crippen LogP contribution >= 0.6 is 0 Å². The van der Waals surface area contributed by atoms with Crippen molar-refractivity contribution in [3.8, 4) is 18.2 Å². The van der Waals surface area contributed by atoms with Crippen LogP contribution in [0.15, 0.2) is 47.2 Å². The first-order valence-corrected chi connectivity index (χ1v) is 8.74. The van der Waals surface area contributed by atoms with E-state index in [1.807, 2.05) is 37.3 Å². The van der Waals surface area contributed by atoms with Gasteiger partial charge < -0.3 is 5.73 Å². The van der Waals surface area contributed by atoms with Gasteiger partial charge in [-0.3, -0.25) is 4.90 Å². The Morgan fingerprint density at radius 2 is 2.00 bits per heavy atom. The number of nitriles is 3. The van der Waals surface area contributed by atoms with Crippen molar-refractivity contribution in [3.05, 3.63) is 58.3 Å². The monoisotopic (exact) mass is 343 g/mol. The molecule has 1 heterocycles. The third-order valence-corrected chi connectivity index (χ3v) is 5.59. The van der Waals surface area contributed by atoms with Gasteiger partial charge in [0.25, 0.3) is 0 Å². The summed E-state index contributed by atoms with van der Waals surface area (Å²) >= 11 is 0. The fraction of sp³-hybridized carbons (Fsp3) is 0.381. The summed E-state index contributed by atoms with van der Waals surface area (Å²) < 4.78 is 0. The highest BCUT2D eigenvalue weighted by Gasteiger charge is 2.54. The largest absolute Gasteiger partial charge is 0.399 e. The number of rotatable bonds is 2. The predicted octanol–water partition coefficient (Wildman–Crippen LogP) is 2.74. The molecule has 1 aliphatic heterocycles. The lowest BCUT2D eigenvalue weighted by Gasteiger charge is -2.45. The molecule has 1 aliphatic carbocycles. The lowest BCUT2D eigenvalue weighted by Crippen LogP contribution is -2.48. The zero-order valence-electron chi connectivity index (χ0n) is 15.0. The van der Waals surface area contributed by atoms with Crippen molar-refractivity contribution in [1.82, 2.24) is 4.90 Å². The molecule has 3 rings (SSSR count). The van der Waals surface area contributed by atoms with Crippen LogP contribution in [-0.4, -0.2) is 24.5 Å². The predicted molar refractivity (Wildman–Crippen MR) is 98.1 cm³/mol. The van der Waals surface area contributed by atoms with Crippen LogP contribution < -0.4 is 5.73 Å². The third-order valence-electron chi connectivity index (χ3n) is 5.59. The van der Waals surface area contributed by atoms with E-state index in [9.17, 15) is 15.8 Å². The van der Waals surface area contributed by atoms with Crippen molar-refractivity contribution in [3.63, 3.8) is 0 Å². The van der Waals surface area contributed by atoms with E-state index >= 15 is 0 Å². The average Bonchev–Trinajstić information content (AvgIpc) is 2.66. The fourth-order valence-electron chi connectivity index (χ4n) is 4.24. The number of hydrogen-bond acceptors (Lipinski definition) is 5. The number of aryl methyl sites for hydroxylation is 1. The van der Waals surface area contributed by atoms with Crippen molar-refractivity contribution in [2.45, 2.75) is 19.8 Å². The molecule has 0 unspecified atom stereocenters. The van der Waals surface area contributed by atoms with Crippen LogP contribution in [0.4, 0.5) is 0 Å². The lowest BCUT2D eigenvalue weighted by atomic mass is 9.58. The quantitative estimate of drug-likeness (QED) is 0.890. The van der Waals surface area contributed by atoms with Crippen molar-refractivity contribution in [2.24, 2.45) is 17.1 Å². The molecule has 5 nitrogen and oxygen atoms in total. The minimum atomic E-state index is -1.54. The van der Waals surface area contributed by atoms with E-state index in [1.54, 1.807) is 0 Å². The van der Waals surface area contributed by atoms with Crippen molar-refractivity contribution in [2.75, 3.05) is 19.6 Å². The van der Waals surface area contributed by atoms with Crippen LogP contribution in [-0.2, 0) is 0 Å². The van der Waals surface area contributed by atoms with Gasteiger partial charge in [-0.25, -0.2) is 0 Å². The molecule has 0 saturated heterocycles. The Labute approximate surface area is 154 Å². The van der Waals surface area contributed by atoms with Gasteiger partial charge in [-0.1, -0.05) is 42.8 Å². The Morgan fingerprint density at radius 3 is 2.58 bits per heavy atom. The summed E-state index contributed by atoms with van der Waals surface area (Å²) in [7, 11) is 0. The molecular weight excluding hydrogens is 322 g/mol. The zero-order valence-corrected chi connectivity index (χ0v) is 15.0. The third kappa shape index (κ3) is 2.48. The van der Waals surface area contributed by atoms with Gasteiger partial charge in [-0.05, 0) is 24.6 Å². The molecule has 2 aliphatic rings. The number of nitrogens with two attached hydrogens (primary N) is 1. The van der Waals surface area contributed by atoms with E-state index in [4.69, 9.17) is 5.73 Å². The molecule has 0 fully saturated rings. The van der Waals surface area contributed by atoms with Crippen LogP contribution in [0.5, 0.6) is 0 Å². The smallest absolute Gasteiger partial charge is 0.191 e. The Bertz CT molecular complexity index is 905. The van der Waals surface area contributed by atoms with Gasteiger partial charge in [0.15, 0.2) is 5.41 Å². The molecule has 2 atom stereocenters. The highest BCUT2D eigenvalue weighted by molar-refractivity contribution is 5.59. The summed E-state index contributed by atoms with van der Waals surface area (Å²) in [6.45, 7) is 6.38. The van der Waals surface area contributed by atoms with Crippen LogP contribution in [0.25, 0.3) is 0 Å². The minimum absolute atomic E-state index is 0.0870. The Balaban J connectivity index is 2.32. The number of benzene rings is 1. The van der Waals surface area contributed by atoms with Gasteiger partial charge in [0.2, 0.25) is 0 Å². The molecule has 0 amide bonds. The van der Waals surface area contributed by atoms with Crippen LogP contribution in [0, 0.1) is 52.2 Å². The van der Waals surface area contributed by atoms with Gasteiger partial charge in [-0.15, -0.1) is 0 Å². The second-order valence-corrected chi connectivity index (χ2v) is 6.94. The molecule has 130 valence electrons. The Kier molecular flexibility index (Phi) is 4.56. The standard InChI is InChI=1S/C21H21N5/c1-3-26-8-7-16-17(10-22)20(25)21(12-23,13-24)19(18(16)11-26)15-6-4-5-14(2)9-15/h4-7,9,18-19H,3,8,11,25H2,1-2H3/t18-,19-/m0/s1. The second-order valence-electron chi connectivity index (χ2n) is 6.94. The number of allylic oxidation sites excluding steroid dienone is 2. The van der Waals surface area contributed by atoms with Gasteiger partial charge in [0, 0.05) is 24.9 Å². The topological polar surface area (TPSA) is 101 Å². The van der Waals surface area contributed by atoms with E-state index in [1.165, 1.54) is 0 Å². The molecule has 26 heavy (non-hydrogen) atoms. The van der Waals surface area contributed by atoms with E-state index in [2.05, 4.69) is 30.0 Å². The van der Waals surface area contributed by atoms with Crippen LogP contribution in [0.3, 0.4) is 0 Å². The number of fused-ring (bicyclic) bond motifs is 1. The first-order valence-electron chi connectivity index (χ1n) is 8.74. The Morgan fingerprint density at radius 1 is 1.27 bits per heavy atom. The second kappa shape index (κ2) is 6.68. The summed E-state index contributed by atoms with van der Waals surface area (Å²) in [5.41, 5.74) is 7.99. The molecule has 1 aromatic carbocycles. The van der Waals surface area contributed by atoms with Crippen molar-refractivity contribution in [1.29, 1.82) is 15.8 Å². The maximum atomic E-state index is 10.0. The summed E-state index contributed by atoms with van der Waals surface area (Å²) in [4.78, 5) is 2.26. The Hall–Kier alpha value is -3.07. The highest BCUT2D eigenvalue weighted by Crippen LogP contribution is 2.54. The molecule has 0 saturated carbocycles. The van der Waals surface area contributed by atoms with Crippen molar-refractivity contribution >= 4 is 0 Å². The molecule has 0 radical (unpaired) electrons. The maximum absolute atomic E-state index is 10.0. The van der Waals surface area contributed by atoms with Gasteiger partial charge in [-0.2, -0.15) is 15.8 Å². The van der Waals surface area contributed by atoms with Crippen LogP contribution in [0.2, 0.25) is 0 Å². The molecule has 1 aromatic rings. The summed E-state index contributed by atoms with van der Waals surface area (Å²) in [6.07, 6.45) is 2.03. The summed E-state index contributed by atoms with van der Waals surface area (Å²) in [5, 5.41) is 29.7. The lowest BCUT2D eigenvalue weighted by molar-refractivity contribution is 0.214. The molecule has 5 heteroatoms. The molecular formula is C21H21N5. The maximum Gasteiger partial charge on any atom is 0.191 e. The van der Waals surface area contributed by atoms with Gasteiger partial charge in [0.1, 0.15) is 6.07 Å². The first kappa shape index (κ1) is 17.7. The van der Waals surface area contributed by atoms with Gasteiger partial charge >= 0.3 is 0 Å².